The average Bonchev–Trinajstić information content (AvgIpc) is 3.15. The van der Waals surface area contributed by atoms with Crippen molar-refractivity contribution in [1.29, 1.82) is 5.26 Å². The van der Waals surface area contributed by atoms with Gasteiger partial charge >= 0.3 is 0 Å². The van der Waals surface area contributed by atoms with Crippen molar-refractivity contribution in [2.75, 3.05) is 19.8 Å². The predicted octanol–water partition coefficient (Wildman–Crippen LogP) is 3.20. The van der Waals surface area contributed by atoms with Crippen molar-refractivity contribution in [1.82, 2.24) is 10.3 Å². The summed E-state index contributed by atoms with van der Waals surface area (Å²) in [5, 5.41) is 13.3. The number of amides is 1. The van der Waals surface area contributed by atoms with Crippen LogP contribution in [-0.4, -0.2) is 30.6 Å². The maximum atomic E-state index is 12.4. The van der Waals surface area contributed by atoms with E-state index in [4.69, 9.17) is 9.47 Å². The molecule has 0 saturated heterocycles. The Morgan fingerprint density at radius 2 is 2.00 bits per heavy atom. The fraction of sp³-hybridized carbons (Fsp3) is 0.182. The number of ether oxygens (including phenoxy) is 2. The third kappa shape index (κ3) is 3.69. The number of aromatic amines is 1. The van der Waals surface area contributed by atoms with Gasteiger partial charge in [-0.05, 0) is 41.8 Å². The Kier molecular flexibility index (Phi) is 4.98. The van der Waals surface area contributed by atoms with Crippen LogP contribution in [0.4, 0.5) is 0 Å². The fourth-order valence-corrected chi connectivity index (χ4v) is 3.21. The molecule has 28 heavy (non-hydrogen) atoms. The molecule has 1 amide bonds. The van der Waals surface area contributed by atoms with E-state index in [2.05, 4.69) is 10.3 Å². The van der Waals surface area contributed by atoms with E-state index in [1.54, 1.807) is 24.3 Å². The zero-order valence-electron chi connectivity index (χ0n) is 15.2. The highest BCUT2D eigenvalue weighted by molar-refractivity contribution is 6.01. The van der Waals surface area contributed by atoms with Gasteiger partial charge in [0.1, 0.15) is 24.9 Å². The van der Waals surface area contributed by atoms with Crippen molar-refractivity contribution in [2.45, 2.75) is 6.42 Å². The van der Waals surface area contributed by atoms with Crippen molar-refractivity contribution in [3.8, 4) is 17.6 Å². The molecule has 0 atom stereocenters. The number of hydrogen-bond acceptors (Lipinski definition) is 4. The summed E-state index contributed by atoms with van der Waals surface area (Å²) in [7, 11) is 0. The zero-order chi connectivity index (χ0) is 19.3. The van der Waals surface area contributed by atoms with Gasteiger partial charge in [0, 0.05) is 23.6 Å². The number of hydrogen-bond donors (Lipinski definition) is 2. The van der Waals surface area contributed by atoms with Crippen LogP contribution in [0.5, 0.6) is 11.5 Å². The first-order valence-corrected chi connectivity index (χ1v) is 9.09. The standard InChI is InChI=1S/C22H19N3O3/c23-13-17(11-15-5-6-20-21(12-15)28-10-9-27-20)22(26)24-8-7-16-14-25-19-4-2-1-3-18(16)19/h1-6,11-12,14,25H,7-10H2,(H,24,26)/b17-11+. The Hall–Kier alpha value is -3.72. The second-order valence-corrected chi connectivity index (χ2v) is 6.44. The van der Waals surface area contributed by atoms with Gasteiger partial charge < -0.3 is 19.8 Å². The molecular weight excluding hydrogens is 354 g/mol. The second-order valence-electron chi connectivity index (χ2n) is 6.44. The lowest BCUT2D eigenvalue weighted by atomic mass is 10.1. The third-order valence-electron chi connectivity index (χ3n) is 4.60. The molecule has 140 valence electrons. The third-order valence-corrected chi connectivity index (χ3v) is 4.60. The highest BCUT2D eigenvalue weighted by Gasteiger charge is 2.13. The number of nitrogens with zero attached hydrogens (tertiary/aromatic N) is 1. The van der Waals surface area contributed by atoms with E-state index in [1.807, 2.05) is 36.5 Å². The van der Waals surface area contributed by atoms with Crippen molar-refractivity contribution in [3.63, 3.8) is 0 Å². The molecule has 0 spiro atoms. The number of rotatable bonds is 5. The maximum Gasteiger partial charge on any atom is 0.261 e. The zero-order valence-corrected chi connectivity index (χ0v) is 15.2. The van der Waals surface area contributed by atoms with E-state index in [9.17, 15) is 10.1 Å². The number of carbonyl (C=O) groups is 1. The summed E-state index contributed by atoms with van der Waals surface area (Å²) >= 11 is 0. The van der Waals surface area contributed by atoms with E-state index in [1.165, 1.54) is 0 Å². The van der Waals surface area contributed by atoms with E-state index in [0.717, 1.165) is 16.5 Å². The molecule has 1 aromatic heterocycles. The van der Waals surface area contributed by atoms with Gasteiger partial charge in [0.25, 0.3) is 5.91 Å². The summed E-state index contributed by atoms with van der Waals surface area (Å²) in [5.74, 6) is 0.902. The smallest absolute Gasteiger partial charge is 0.261 e. The van der Waals surface area contributed by atoms with E-state index >= 15 is 0 Å². The molecule has 6 heteroatoms. The Bertz CT molecular complexity index is 1090. The minimum Gasteiger partial charge on any atom is -0.486 e. The first kappa shape index (κ1) is 17.7. The van der Waals surface area contributed by atoms with Crippen LogP contribution in [0.25, 0.3) is 17.0 Å². The molecule has 0 bridgehead atoms. The van der Waals surface area contributed by atoms with Crippen LogP contribution in [0.3, 0.4) is 0 Å². The Labute approximate surface area is 162 Å². The molecule has 0 radical (unpaired) electrons. The van der Waals surface area contributed by atoms with Gasteiger partial charge in [0.05, 0.1) is 0 Å². The van der Waals surface area contributed by atoms with Gasteiger partial charge in [-0.15, -0.1) is 0 Å². The lowest BCUT2D eigenvalue weighted by molar-refractivity contribution is -0.117. The Morgan fingerprint density at radius 1 is 1.18 bits per heavy atom. The predicted molar refractivity (Wildman–Crippen MR) is 106 cm³/mol. The van der Waals surface area contributed by atoms with Crippen LogP contribution in [0, 0.1) is 11.3 Å². The molecule has 2 heterocycles. The molecule has 0 aliphatic carbocycles. The summed E-state index contributed by atoms with van der Waals surface area (Å²) in [5.41, 5.74) is 2.97. The molecule has 2 aromatic carbocycles. The second kappa shape index (κ2) is 7.89. The quantitative estimate of drug-likeness (QED) is 0.531. The number of benzene rings is 2. The molecule has 1 aliphatic rings. The van der Waals surface area contributed by atoms with Crippen LogP contribution in [0.15, 0.2) is 54.2 Å². The maximum absolute atomic E-state index is 12.4. The van der Waals surface area contributed by atoms with Crippen molar-refractivity contribution >= 4 is 22.9 Å². The van der Waals surface area contributed by atoms with Gasteiger partial charge in [0.15, 0.2) is 11.5 Å². The lowest BCUT2D eigenvalue weighted by Gasteiger charge is -2.18. The van der Waals surface area contributed by atoms with Crippen LogP contribution in [-0.2, 0) is 11.2 Å². The minimum absolute atomic E-state index is 0.0515. The lowest BCUT2D eigenvalue weighted by Crippen LogP contribution is -2.26. The monoisotopic (exact) mass is 373 g/mol. The molecular formula is C22H19N3O3. The summed E-state index contributed by atoms with van der Waals surface area (Å²) in [6.07, 6.45) is 4.19. The number of nitriles is 1. The minimum atomic E-state index is -0.391. The number of aromatic nitrogens is 1. The first-order valence-electron chi connectivity index (χ1n) is 9.09. The molecule has 6 nitrogen and oxygen atoms in total. The molecule has 0 unspecified atom stereocenters. The number of para-hydroxylation sites is 1. The van der Waals surface area contributed by atoms with Crippen molar-refractivity contribution in [2.24, 2.45) is 0 Å². The Morgan fingerprint density at radius 3 is 2.86 bits per heavy atom. The van der Waals surface area contributed by atoms with E-state index in [-0.39, 0.29) is 5.57 Å². The van der Waals surface area contributed by atoms with Crippen molar-refractivity contribution in [3.05, 3.63) is 65.4 Å². The van der Waals surface area contributed by atoms with E-state index in [0.29, 0.717) is 43.2 Å². The number of H-pyrrole nitrogens is 1. The Balaban J connectivity index is 1.41. The fourth-order valence-electron chi connectivity index (χ4n) is 3.21. The van der Waals surface area contributed by atoms with Crippen LogP contribution in [0.2, 0.25) is 0 Å². The molecule has 4 rings (SSSR count). The number of fused-ring (bicyclic) bond motifs is 2. The summed E-state index contributed by atoms with van der Waals surface area (Å²) in [4.78, 5) is 15.6. The van der Waals surface area contributed by atoms with Crippen LogP contribution >= 0.6 is 0 Å². The molecule has 1 aliphatic heterocycles. The van der Waals surface area contributed by atoms with E-state index < -0.39 is 5.91 Å². The molecule has 3 aromatic rings. The van der Waals surface area contributed by atoms with Gasteiger partial charge in [0.2, 0.25) is 0 Å². The van der Waals surface area contributed by atoms with Gasteiger partial charge in [-0.2, -0.15) is 5.26 Å². The van der Waals surface area contributed by atoms with Gasteiger partial charge in [-0.3, -0.25) is 4.79 Å². The van der Waals surface area contributed by atoms with Crippen LogP contribution in [0.1, 0.15) is 11.1 Å². The topological polar surface area (TPSA) is 87.1 Å². The largest absolute Gasteiger partial charge is 0.486 e. The molecule has 0 fully saturated rings. The number of nitrogens with one attached hydrogen (secondary N) is 2. The summed E-state index contributed by atoms with van der Waals surface area (Å²) in [6.45, 7) is 1.45. The average molecular weight is 373 g/mol. The van der Waals surface area contributed by atoms with Crippen LogP contribution < -0.4 is 14.8 Å². The van der Waals surface area contributed by atoms with Gasteiger partial charge in [-0.25, -0.2) is 0 Å². The van der Waals surface area contributed by atoms with Gasteiger partial charge in [-0.1, -0.05) is 24.3 Å². The number of carbonyl (C=O) groups excluding carboxylic acids is 1. The highest BCUT2D eigenvalue weighted by Crippen LogP contribution is 2.31. The molecule has 2 N–H and O–H groups in total. The summed E-state index contributed by atoms with van der Waals surface area (Å²) < 4.78 is 11.0. The SMILES string of the molecule is N#C/C(=C\c1ccc2c(c1)OCCO2)C(=O)NCCc1c[nH]c2ccccc12. The van der Waals surface area contributed by atoms with Crippen molar-refractivity contribution < 1.29 is 14.3 Å². The first-order chi connectivity index (χ1) is 13.7. The summed E-state index contributed by atoms with van der Waals surface area (Å²) in [6, 6.07) is 15.3. The normalized spacial score (nSPS) is 13.2. The molecule has 0 saturated carbocycles. The highest BCUT2D eigenvalue weighted by atomic mass is 16.6.